The lowest BCUT2D eigenvalue weighted by Gasteiger charge is -2.24. The fourth-order valence-electron chi connectivity index (χ4n) is 2.62. The Balaban J connectivity index is 2.13. The molecule has 1 saturated carbocycles. The van der Waals surface area contributed by atoms with E-state index in [9.17, 15) is 4.79 Å². The summed E-state index contributed by atoms with van der Waals surface area (Å²) >= 11 is 3.37. The molecule has 1 aromatic rings. The highest BCUT2D eigenvalue weighted by molar-refractivity contribution is 9.10. The molecule has 0 spiro atoms. The maximum absolute atomic E-state index is 12.2. The first kappa shape index (κ1) is 16.5. The van der Waals surface area contributed by atoms with Crippen molar-refractivity contribution < 1.29 is 4.74 Å². The molecular weight excluding hydrogens is 336 g/mol. The molecule has 1 aliphatic carbocycles. The largest absolute Gasteiger partial charge is 0.383 e. The van der Waals surface area contributed by atoms with Gasteiger partial charge in [0, 0.05) is 19.2 Å². The highest BCUT2D eigenvalue weighted by atomic mass is 79.9. The van der Waals surface area contributed by atoms with E-state index in [0.717, 1.165) is 18.5 Å². The fourth-order valence-corrected chi connectivity index (χ4v) is 3.04. The maximum atomic E-state index is 12.2. The first-order chi connectivity index (χ1) is 10.1. The molecule has 0 saturated heterocycles. The number of halogens is 1. The van der Waals surface area contributed by atoms with Crippen molar-refractivity contribution in [3.05, 3.63) is 21.0 Å². The van der Waals surface area contributed by atoms with Gasteiger partial charge in [-0.1, -0.05) is 19.3 Å². The summed E-state index contributed by atoms with van der Waals surface area (Å²) in [5.74, 6) is 0. The van der Waals surface area contributed by atoms with Crippen molar-refractivity contribution >= 4 is 21.6 Å². The summed E-state index contributed by atoms with van der Waals surface area (Å²) in [6.45, 7) is 0.900. The summed E-state index contributed by atoms with van der Waals surface area (Å²) in [5.41, 5.74) is 6.78. The molecule has 1 aromatic heterocycles. The van der Waals surface area contributed by atoms with Crippen molar-refractivity contribution in [1.82, 2.24) is 9.78 Å². The third kappa shape index (κ3) is 4.28. The van der Waals surface area contributed by atoms with E-state index in [4.69, 9.17) is 10.5 Å². The number of nitrogens with one attached hydrogen (secondary N) is 1. The number of anilines is 1. The third-order valence-corrected chi connectivity index (χ3v) is 4.67. The van der Waals surface area contributed by atoms with Gasteiger partial charge in [0.1, 0.15) is 4.47 Å². The molecular formula is C14H23BrN4O2. The van der Waals surface area contributed by atoms with Crippen molar-refractivity contribution in [3.8, 4) is 0 Å². The van der Waals surface area contributed by atoms with Gasteiger partial charge >= 0.3 is 0 Å². The van der Waals surface area contributed by atoms with Crippen molar-refractivity contribution in [2.75, 3.05) is 19.0 Å². The van der Waals surface area contributed by atoms with Crippen molar-refractivity contribution in [2.24, 2.45) is 5.73 Å². The van der Waals surface area contributed by atoms with Gasteiger partial charge in [0.15, 0.2) is 0 Å². The third-order valence-electron chi connectivity index (χ3n) is 3.90. The summed E-state index contributed by atoms with van der Waals surface area (Å²) in [6, 6.07) is 0.315. The predicted octanol–water partition coefficient (Wildman–Crippen LogP) is 1.72. The Kier molecular flexibility index (Phi) is 6.20. The first-order valence-corrected chi connectivity index (χ1v) is 8.19. The van der Waals surface area contributed by atoms with E-state index < -0.39 is 0 Å². The molecule has 118 valence electrons. The van der Waals surface area contributed by atoms with Crippen LogP contribution in [0, 0.1) is 0 Å². The molecule has 2 atom stereocenters. The zero-order chi connectivity index (χ0) is 15.2. The normalized spacial score (nSPS) is 22.8. The standard InChI is InChI=1S/C14H23BrN4O2/c1-21-8-7-19-14(20)13(15)12(9-17-19)18-11-6-4-2-3-5-10(11)16/h9-11,18H,2-8,16H2,1H3. The molecule has 6 nitrogen and oxygen atoms in total. The van der Waals surface area contributed by atoms with Crippen LogP contribution in [0.1, 0.15) is 32.1 Å². The number of rotatable bonds is 5. The van der Waals surface area contributed by atoms with Gasteiger partial charge in [-0.25, -0.2) is 4.68 Å². The number of nitrogens with zero attached hydrogens (tertiary/aromatic N) is 2. The summed E-state index contributed by atoms with van der Waals surface area (Å²) in [5, 5.41) is 7.57. The quantitative estimate of drug-likeness (QED) is 0.783. The second kappa shape index (κ2) is 7.91. The van der Waals surface area contributed by atoms with Crippen LogP contribution in [0.5, 0.6) is 0 Å². The van der Waals surface area contributed by atoms with Crippen LogP contribution in [0.2, 0.25) is 0 Å². The molecule has 21 heavy (non-hydrogen) atoms. The van der Waals surface area contributed by atoms with Crippen LogP contribution in [0.25, 0.3) is 0 Å². The first-order valence-electron chi connectivity index (χ1n) is 7.40. The Labute approximate surface area is 133 Å². The van der Waals surface area contributed by atoms with Crippen molar-refractivity contribution in [2.45, 2.75) is 50.7 Å². The SMILES string of the molecule is COCCn1ncc(NC2CCCCCC2N)c(Br)c1=O. The Morgan fingerprint density at radius 3 is 3.00 bits per heavy atom. The van der Waals surface area contributed by atoms with Crippen LogP contribution in [-0.2, 0) is 11.3 Å². The van der Waals surface area contributed by atoms with Gasteiger partial charge in [-0.3, -0.25) is 4.79 Å². The average molecular weight is 359 g/mol. The number of methoxy groups -OCH3 is 1. The maximum Gasteiger partial charge on any atom is 0.283 e. The molecule has 1 aliphatic rings. The van der Waals surface area contributed by atoms with E-state index in [2.05, 4.69) is 26.3 Å². The van der Waals surface area contributed by atoms with E-state index in [1.165, 1.54) is 23.9 Å². The summed E-state index contributed by atoms with van der Waals surface area (Å²) < 4.78 is 6.87. The van der Waals surface area contributed by atoms with Crippen molar-refractivity contribution in [3.63, 3.8) is 0 Å². The average Bonchev–Trinajstić information content (AvgIpc) is 2.68. The van der Waals surface area contributed by atoms with Gasteiger partial charge in [-0.05, 0) is 28.8 Å². The molecule has 2 rings (SSSR count). The van der Waals surface area contributed by atoms with Gasteiger partial charge in [-0.2, -0.15) is 5.10 Å². The van der Waals surface area contributed by atoms with Gasteiger partial charge < -0.3 is 15.8 Å². The summed E-state index contributed by atoms with van der Waals surface area (Å²) in [4.78, 5) is 12.2. The van der Waals surface area contributed by atoms with Gasteiger partial charge in [0.25, 0.3) is 5.56 Å². The van der Waals surface area contributed by atoms with Crippen LogP contribution in [-0.4, -0.2) is 35.6 Å². The summed E-state index contributed by atoms with van der Waals surface area (Å²) in [6.07, 6.45) is 7.30. The van der Waals surface area contributed by atoms with Crippen LogP contribution >= 0.6 is 15.9 Å². The van der Waals surface area contributed by atoms with Crippen molar-refractivity contribution in [1.29, 1.82) is 0 Å². The Hall–Kier alpha value is -0.920. The summed E-state index contributed by atoms with van der Waals surface area (Å²) in [7, 11) is 1.60. The Morgan fingerprint density at radius 1 is 1.48 bits per heavy atom. The number of aromatic nitrogens is 2. The van der Waals surface area contributed by atoms with Gasteiger partial charge in [-0.15, -0.1) is 0 Å². The molecule has 0 radical (unpaired) electrons. The number of hydrogen-bond acceptors (Lipinski definition) is 5. The molecule has 0 amide bonds. The Bertz CT molecular complexity index is 520. The smallest absolute Gasteiger partial charge is 0.283 e. The van der Waals surface area contributed by atoms with E-state index in [0.29, 0.717) is 17.6 Å². The molecule has 0 aliphatic heterocycles. The molecule has 7 heteroatoms. The van der Waals surface area contributed by atoms with Crippen LogP contribution in [0.15, 0.2) is 15.5 Å². The molecule has 0 aromatic carbocycles. The topological polar surface area (TPSA) is 82.2 Å². The monoisotopic (exact) mass is 358 g/mol. The minimum Gasteiger partial charge on any atom is -0.383 e. The lowest BCUT2D eigenvalue weighted by Crippen LogP contribution is -2.40. The van der Waals surface area contributed by atoms with Crippen LogP contribution < -0.4 is 16.6 Å². The number of hydrogen-bond donors (Lipinski definition) is 2. The van der Waals surface area contributed by atoms with E-state index in [1.54, 1.807) is 13.3 Å². The number of ether oxygens (including phenoxy) is 1. The van der Waals surface area contributed by atoms with E-state index in [-0.39, 0.29) is 17.6 Å². The zero-order valence-electron chi connectivity index (χ0n) is 12.3. The van der Waals surface area contributed by atoms with Crippen LogP contribution in [0.4, 0.5) is 5.69 Å². The lowest BCUT2D eigenvalue weighted by atomic mass is 10.0. The molecule has 1 heterocycles. The van der Waals surface area contributed by atoms with E-state index >= 15 is 0 Å². The predicted molar refractivity (Wildman–Crippen MR) is 86.5 cm³/mol. The fraction of sp³-hybridized carbons (Fsp3) is 0.714. The van der Waals surface area contributed by atoms with Crippen LogP contribution in [0.3, 0.4) is 0 Å². The zero-order valence-corrected chi connectivity index (χ0v) is 13.9. The molecule has 0 bridgehead atoms. The molecule has 1 fully saturated rings. The molecule has 2 unspecified atom stereocenters. The van der Waals surface area contributed by atoms with Gasteiger partial charge in [0.2, 0.25) is 0 Å². The second-order valence-corrected chi connectivity index (χ2v) is 6.24. The van der Waals surface area contributed by atoms with Gasteiger partial charge in [0.05, 0.1) is 25.0 Å². The highest BCUT2D eigenvalue weighted by Gasteiger charge is 2.21. The molecule has 3 N–H and O–H groups in total. The highest BCUT2D eigenvalue weighted by Crippen LogP contribution is 2.23. The van der Waals surface area contributed by atoms with E-state index in [1.807, 2.05) is 0 Å². The minimum absolute atomic E-state index is 0.121. The Morgan fingerprint density at radius 2 is 2.24 bits per heavy atom. The lowest BCUT2D eigenvalue weighted by molar-refractivity contribution is 0.181. The second-order valence-electron chi connectivity index (χ2n) is 5.45. The minimum atomic E-state index is -0.153. The number of nitrogens with two attached hydrogens (primary N) is 1.